The molecule has 15 nitrogen and oxygen atoms in total. The maximum Gasteiger partial charge on any atom is 0.329 e. The molecule has 16 heteroatoms. The summed E-state index contributed by atoms with van der Waals surface area (Å²) in [4.78, 5) is 91.9. The number of carbonyl (C=O) groups excluding carboxylic acids is 6. The second-order valence-electron chi connectivity index (χ2n) is 10.1. The zero-order valence-electron chi connectivity index (χ0n) is 22.2. The summed E-state index contributed by atoms with van der Waals surface area (Å²) in [5.41, 5.74) is 1.11. The standard InChI is InChI=1S/C28H17IN4O11/c1-44-11-5-10(34)13-14(19(11)35)21(37)16-15(20(13)36)23(39)28(24(16)40)3-2-8-17(28)22(38)12-9(18(8)29)4-7(32-26(12)42)6-31-33-27(43)25(30)41/h4-6,36-38H,2-3H2,1H3,(H2,30,41)(H,32,42)(H,33,43)/t28-/m0/s1. The fourth-order valence-corrected chi connectivity index (χ4v) is 7.05. The number of aromatic hydroxyl groups is 3. The lowest BCUT2D eigenvalue weighted by Gasteiger charge is -2.23. The molecule has 0 saturated heterocycles. The van der Waals surface area contributed by atoms with Gasteiger partial charge in [0.25, 0.3) is 5.56 Å². The highest BCUT2D eigenvalue weighted by Gasteiger charge is 2.62. The number of methoxy groups -OCH3 is 1. The van der Waals surface area contributed by atoms with Gasteiger partial charge in [0.1, 0.15) is 22.7 Å². The van der Waals surface area contributed by atoms with Crippen LogP contribution in [0.1, 0.15) is 64.7 Å². The minimum atomic E-state index is -2.19. The molecule has 1 aromatic heterocycles. The molecule has 1 heterocycles. The first-order valence-electron chi connectivity index (χ1n) is 12.6. The van der Waals surface area contributed by atoms with Gasteiger partial charge in [-0.25, -0.2) is 5.43 Å². The van der Waals surface area contributed by atoms with Gasteiger partial charge in [0.15, 0.2) is 23.1 Å². The largest absolute Gasteiger partial charge is 0.507 e. The lowest BCUT2D eigenvalue weighted by molar-refractivity contribution is -0.137. The number of H-pyrrole nitrogens is 1. The summed E-state index contributed by atoms with van der Waals surface area (Å²) in [6.07, 6.45) is 1.62. The van der Waals surface area contributed by atoms with Crippen molar-refractivity contribution >= 4 is 74.5 Å². The number of primary amides is 1. The van der Waals surface area contributed by atoms with Crippen molar-refractivity contribution in [1.29, 1.82) is 0 Å². The molecule has 6 rings (SSSR count). The van der Waals surface area contributed by atoms with E-state index in [2.05, 4.69) is 10.1 Å². The third-order valence-electron chi connectivity index (χ3n) is 7.96. The van der Waals surface area contributed by atoms with Crippen molar-refractivity contribution < 1.29 is 48.8 Å². The topological polar surface area (TPSA) is 256 Å². The van der Waals surface area contributed by atoms with Gasteiger partial charge in [0, 0.05) is 20.6 Å². The molecule has 2 amide bonds. The van der Waals surface area contributed by atoms with Crippen LogP contribution in [0, 0.1) is 3.57 Å². The minimum absolute atomic E-state index is 0.0436. The number of benzene rings is 2. The van der Waals surface area contributed by atoms with E-state index in [9.17, 15) is 48.9 Å². The van der Waals surface area contributed by atoms with Gasteiger partial charge >= 0.3 is 11.8 Å². The predicted octanol–water partition coefficient (Wildman–Crippen LogP) is 0.357. The summed E-state index contributed by atoms with van der Waals surface area (Å²) in [6, 6.07) is 1.40. The number of phenolic OH excluding ortho intramolecular Hbond substituents is 3. The number of carbonyl (C=O) groups is 6. The summed E-state index contributed by atoms with van der Waals surface area (Å²) in [7, 11) is 1.11. The van der Waals surface area contributed by atoms with Crippen molar-refractivity contribution in [2.75, 3.05) is 7.11 Å². The van der Waals surface area contributed by atoms with E-state index < -0.39 is 91.2 Å². The molecule has 1 atom stereocenters. The monoisotopic (exact) mass is 712 g/mol. The van der Waals surface area contributed by atoms with Crippen LogP contribution in [0.15, 0.2) is 27.8 Å². The SMILES string of the molecule is COC1=CC(=O)c2c(O)c3c(c(O)c2C1=O)C(=O)[C@]1(CCc2c1c(O)c1c(=O)[nH]c(C=NNC(=O)C(N)=O)cc1c2I)C3=O. The third kappa shape index (κ3) is 3.53. The predicted molar refractivity (Wildman–Crippen MR) is 156 cm³/mol. The molecule has 3 aliphatic carbocycles. The Morgan fingerprint density at radius 1 is 1.05 bits per heavy atom. The van der Waals surface area contributed by atoms with Crippen LogP contribution in [-0.2, 0) is 26.2 Å². The van der Waals surface area contributed by atoms with E-state index in [1.807, 2.05) is 28.0 Å². The Balaban J connectivity index is 1.55. The molecule has 0 radical (unpaired) electrons. The number of hydrogen-bond donors (Lipinski definition) is 6. The van der Waals surface area contributed by atoms with E-state index in [1.54, 1.807) is 0 Å². The highest BCUT2D eigenvalue weighted by Crippen LogP contribution is 2.58. The Labute approximate surface area is 257 Å². The molecule has 2 aromatic carbocycles. The van der Waals surface area contributed by atoms with Crippen molar-refractivity contribution in [3.8, 4) is 17.2 Å². The van der Waals surface area contributed by atoms with E-state index in [4.69, 9.17) is 10.5 Å². The number of amides is 2. The number of hydrogen-bond acceptors (Lipinski definition) is 12. The van der Waals surface area contributed by atoms with Gasteiger partial charge in [0.2, 0.25) is 5.78 Å². The Hall–Kier alpha value is -5.39. The number of hydrazone groups is 1. The number of halogens is 1. The van der Waals surface area contributed by atoms with E-state index in [0.717, 1.165) is 19.4 Å². The number of phenols is 3. The number of aromatic nitrogens is 1. The van der Waals surface area contributed by atoms with E-state index in [0.29, 0.717) is 9.13 Å². The second-order valence-corrected chi connectivity index (χ2v) is 11.2. The van der Waals surface area contributed by atoms with Crippen LogP contribution >= 0.6 is 22.6 Å². The summed E-state index contributed by atoms with van der Waals surface area (Å²) in [5.74, 6) is -9.58. The molecule has 3 aliphatic rings. The van der Waals surface area contributed by atoms with Crippen molar-refractivity contribution in [3.63, 3.8) is 0 Å². The first-order chi connectivity index (χ1) is 20.8. The maximum atomic E-state index is 14.1. The molecule has 0 saturated carbocycles. The fourth-order valence-electron chi connectivity index (χ4n) is 6.09. The van der Waals surface area contributed by atoms with Crippen molar-refractivity contribution in [2.24, 2.45) is 10.8 Å². The van der Waals surface area contributed by atoms with E-state index in [-0.39, 0.29) is 34.9 Å². The molecule has 222 valence electrons. The Bertz CT molecular complexity index is 2130. The number of allylic oxidation sites excluding steroid dienone is 2. The number of fused-ring (bicyclic) bond motifs is 5. The Morgan fingerprint density at radius 3 is 2.30 bits per heavy atom. The first kappa shape index (κ1) is 28.7. The summed E-state index contributed by atoms with van der Waals surface area (Å²) >= 11 is 1.88. The Kier molecular flexibility index (Phi) is 6.24. The normalized spacial score (nSPS) is 18.5. The van der Waals surface area contributed by atoms with Crippen LogP contribution in [0.25, 0.3) is 10.8 Å². The highest BCUT2D eigenvalue weighted by molar-refractivity contribution is 14.1. The van der Waals surface area contributed by atoms with Gasteiger partial charge in [-0.15, -0.1) is 0 Å². The van der Waals surface area contributed by atoms with Crippen LogP contribution in [0.3, 0.4) is 0 Å². The van der Waals surface area contributed by atoms with Crippen molar-refractivity contribution in [2.45, 2.75) is 18.3 Å². The number of Topliss-reactive ketones (excluding diaryl/α,β-unsaturated/α-hetero) is 3. The number of nitrogens with two attached hydrogens (primary N) is 1. The fraction of sp³-hybridized carbons (Fsp3) is 0.143. The number of nitrogens with zero attached hydrogens (tertiary/aromatic N) is 1. The molecule has 3 aromatic rings. The maximum absolute atomic E-state index is 14.1. The summed E-state index contributed by atoms with van der Waals surface area (Å²) in [6.45, 7) is 0. The molecule has 0 fully saturated rings. The van der Waals surface area contributed by atoms with E-state index >= 15 is 0 Å². The lowest BCUT2D eigenvalue weighted by Crippen LogP contribution is -2.36. The van der Waals surface area contributed by atoms with Gasteiger partial charge in [-0.3, -0.25) is 33.6 Å². The summed E-state index contributed by atoms with van der Waals surface area (Å²) in [5, 5.41) is 37.2. The Morgan fingerprint density at radius 2 is 1.68 bits per heavy atom. The first-order valence-corrected chi connectivity index (χ1v) is 13.7. The van der Waals surface area contributed by atoms with Gasteiger partial charge in [-0.05, 0) is 47.1 Å². The van der Waals surface area contributed by atoms with Gasteiger partial charge in [-0.1, -0.05) is 0 Å². The van der Waals surface area contributed by atoms with Crippen LogP contribution in [0.2, 0.25) is 0 Å². The average molecular weight is 712 g/mol. The molecule has 44 heavy (non-hydrogen) atoms. The zero-order chi connectivity index (χ0) is 32.0. The zero-order valence-corrected chi connectivity index (χ0v) is 24.3. The van der Waals surface area contributed by atoms with Crippen molar-refractivity contribution in [3.05, 3.63) is 70.9 Å². The number of nitrogens with one attached hydrogen (secondary N) is 2. The minimum Gasteiger partial charge on any atom is -0.507 e. The van der Waals surface area contributed by atoms with E-state index in [1.165, 1.54) is 6.07 Å². The van der Waals surface area contributed by atoms with Gasteiger partial charge in [-0.2, -0.15) is 5.10 Å². The van der Waals surface area contributed by atoms with Gasteiger partial charge in [0.05, 0.1) is 46.7 Å². The number of ether oxygens (including phenoxy) is 1. The highest BCUT2D eigenvalue weighted by atomic mass is 127. The molecule has 7 N–H and O–H groups in total. The number of pyridine rings is 1. The lowest BCUT2D eigenvalue weighted by atomic mass is 9.76. The second kappa shape index (κ2) is 9.56. The molecular formula is C28H17IN4O11. The quantitative estimate of drug-likeness (QED) is 0.0540. The van der Waals surface area contributed by atoms with Crippen molar-refractivity contribution in [1.82, 2.24) is 10.4 Å². The van der Waals surface area contributed by atoms with Crippen LogP contribution in [0.4, 0.5) is 0 Å². The average Bonchev–Trinajstić information content (AvgIpc) is 3.48. The molecule has 0 aliphatic heterocycles. The molecule has 0 unspecified atom stereocenters. The number of ketones is 4. The molecule has 0 bridgehead atoms. The smallest absolute Gasteiger partial charge is 0.329 e. The van der Waals surface area contributed by atoms with Gasteiger partial charge < -0.3 is 30.8 Å². The van der Waals surface area contributed by atoms with Crippen LogP contribution < -0.4 is 16.7 Å². The third-order valence-corrected chi connectivity index (χ3v) is 9.19. The van der Waals surface area contributed by atoms with Crippen LogP contribution in [0.5, 0.6) is 17.2 Å². The molecule has 1 spiro atoms. The number of aromatic amines is 1. The van der Waals surface area contributed by atoms with Crippen LogP contribution in [-0.4, -0.2) is 68.6 Å². The number of rotatable bonds is 3. The summed E-state index contributed by atoms with van der Waals surface area (Å²) < 4.78 is 5.28. The molecular weight excluding hydrogens is 695 g/mol.